The summed E-state index contributed by atoms with van der Waals surface area (Å²) in [7, 11) is 0. The fraction of sp³-hybridized carbons (Fsp3) is 0.217. The van der Waals surface area contributed by atoms with Crippen molar-refractivity contribution in [2.75, 3.05) is 17.2 Å². The van der Waals surface area contributed by atoms with Gasteiger partial charge in [0.2, 0.25) is 5.91 Å². The van der Waals surface area contributed by atoms with Gasteiger partial charge < -0.3 is 4.90 Å². The van der Waals surface area contributed by atoms with Gasteiger partial charge in [-0.25, -0.2) is 9.97 Å². The molecule has 0 spiro atoms. The van der Waals surface area contributed by atoms with E-state index in [1.807, 2.05) is 55.5 Å². The molecule has 0 unspecified atom stereocenters. The summed E-state index contributed by atoms with van der Waals surface area (Å²) in [6.45, 7) is 2.68. The second kappa shape index (κ2) is 8.57. The summed E-state index contributed by atoms with van der Waals surface area (Å²) in [5.41, 5.74) is 4.23. The summed E-state index contributed by atoms with van der Waals surface area (Å²) in [4.78, 5) is 35.3. The molecule has 1 aromatic heterocycles. The third-order valence-electron chi connectivity index (χ3n) is 4.81. The number of rotatable bonds is 6. The average Bonchev–Trinajstić information content (AvgIpc) is 3.18. The number of anilines is 1. The first kappa shape index (κ1) is 19.3. The lowest BCUT2D eigenvalue weighted by atomic mass is 10.1. The number of hydrogen-bond acceptors (Lipinski definition) is 5. The van der Waals surface area contributed by atoms with Gasteiger partial charge in [-0.3, -0.25) is 9.59 Å². The SMILES string of the molecule is Cc1cc(-c2ccccc2)nc(SCC(=O)c2ccc(N3CCCC3=O)cc2)n1. The first-order valence-corrected chi connectivity index (χ1v) is 10.6. The first-order valence-electron chi connectivity index (χ1n) is 9.58. The zero-order valence-corrected chi connectivity index (χ0v) is 17.0. The van der Waals surface area contributed by atoms with Gasteiger partial charge in [0.1, 0.15) is 0 Å². The van der Waals surface area contributed by atoms with Crippen LogP contribution in [0.15, 0.2) is 65.8 Å². The topological polar surface area (TPSA) is 63.2 Å². The van der Waals surface area contributed by atoms with Gasteiger partial charge in [-0.05, 0) is 43.7 Å². The lowest BCUT2D eigenvalue weighted by Crippen LogP contribution is -2.23. The number of amides is 1. The second-order valence-corrected chi connectivity index (χ2v) is 7.89. The zero-order chi connectivity index (χ0) is 20.2. The van der Waals surface area contributed by atoms with E-state index in [1.165, 1.54) is 11.8 Å². The van der Waals surface area contributed by atoms with Crippen molar-refractivity contribution in [1.29, 1.82) is 0 Å². The summed E-state index contributed by atoms with van der Waals surface area (Å²) in [5.74, 6) is 0.422. The minimum atomic E-state index is 0.0145. The fourth-order valence-corrected chi connectivity index (χ4v) is 4.12. The van der Waals surface area contributed by atoms with Crippen LogP contribution in [0.25, 0.3) is 11.3 Å². The Labute approximate surface area is 174 Å². The summed E-state index contributed by atoms with van der Waals surface area (Å²) in [5, 5.41) is 0.594. The normalized spacial score (nSPS) is 13.7. The van der Waals surface area contributed by atoms with E-state index in [0.29, 0.717) is 17.1 Å². The number of carbonyl (C=O) groups excluding carboxylic acids is 2. The van der Waals surface area contributed by atoms with Gasteiger partial charge in [0.05, 0.1) is 11.4 Å². The Morgan fingerprint density at radius 3 is 2.52 bits per heavy atom. The van der Waals surface area contributed by atoms with Crippen LogP contribution < -0.4 is 4.90 Å². The van der Waals surface area contributed by atoms with Crippen molar-refractivity contribution in [3.05, 3.63) is 71.9 Å². The second-order valence-electron chi connectivity index (χ2n) is 6.95. The van der Waals surface area contributed by atoms with Crippen molar-refractivity contribution < 1.29 is 9.59 Å². The molecule has 0 saturated carbocycles. The van der Waals surface area contributed by atoms with E-state index in [9.17, 15) is 9.59 Å². The van der Waals surface area contributed by atoms with E-state index >= 15 is 0 Å². The molecule has 0 N–H and O–H groups in total. The van der Waals surface area contributed by atoms with Crippen LogP contribution in [0.3, 0.4) is 0 Å². The van der Waals surface area contributed by atoms with Crippen molar-refractivity contribution in [3.63, 3.8) is 0 Å². The van der Waals surface area contributed by atoms with Crippen LogP contribution in [0.1, 0.15) is 28.9 Å². The van der Waals surface area contributed by atoms with E-state index in [1.54, 1.807) is 17.0 Å². The highest BCUT2D eigenvalue weighted by Gasteiger charge is 2.21. The molecular formula is C23H21N3O2S. The lowest BCUT2D eigenvalue weighted by Gasteiger charge is -2.15. The number of hydrogen-bond donors (Lipinski definition) is 0. The molecule has 146 valence electrons. The number of benzene rings is 2. The average molecular weight is 404 g/mol. The molecule has 1 saturated heterocycles. The van der Waals surface area contributed by atoms with Gasteiger partial charge in [-0.15, -0.1) is 0 Å². The van der Waals surface area contributed by atoms with E-state index in [4.69, 9.17) is 0 Å². The number of aromatic nitrogens is 2. The van der Waals surface area contributed by atoms with Crippen LogP contribution in [0, 0.1) is 6.92 Å². The molecule has 0 radical (unpaired) electrons. The number of aryl methyl sites for hydroxylation is 1. The maximum Gasteiger partial charge on any atom is 0.227 e. The Morgan fingerprint density at radius 1 is 1.07 bits per heavy atom. The molecule has 0 atom stereocenters. The monoisotopic (exact) mass is 403 g/mol. The molecule has 6 heteroatoms. The third-order valence-corrected chi connectivity index (χ3v) is 5.66. The Bertz CT molecular complexity index is 1040. The summed E-state index contributed by atoms with van der Waals surface area (Å²) >= 11 is 1.34. The molecule has 29 heavy (non-hydrogen) atoms. The van der Waals surface area contributed by atoms with E-state index in [-0.39, 0.29) is 17.4 Å². The Balaban J connectivity index is 1.43. The molecule has 4 rings (SSSR count). The predicted octanol–water partition coefficient (Wildman–Crippen LogP) is 4.55. The highest BCUT2D eigenvalue weighted by molar-refractivity contribution is 7.99. The smallest absolute Gasteiger partial charge is 0.227 e. The molecule has 1 aliphatic rings. The van der Waals surface area contributed by atoms with Gasteiger partial charge in [-0.2, -0.15) is 0 Å². The maximum absolute atomic E-state index is 12.6. The molecule has 1 aliphatic heterocycles. The van der Waals surface area contributed by atoms with Gasteiger partial charge in [0.15, 0.2) is 10.9 Å². The van der Waals surface area contributed by atoms with E-state index in [2.05, 4.69) is 9.97 Å². The van der Waals surface area contributed by atoms with Crippen molar-refractivity contribution in [3.8, 4) is 11.3 Å². The predicted molar refractivity (Wildman–Crippen MR) is 115 cm³/mol. The standard InChI is InChI=1S/C23H21N3O2S/c1-16-14-20(17-6-3-2-4-7-17)25-23(24-16)29-15-21(27)18-9-11-19(12-10-18)26-13-5-8-22(26)28/h2-4,6-7,9-12,14H,5,8,13,15H2,1H3. The third kappa shape index (κ3) is 4.54. The molecule has 5 nitrogen and oxygen atoms in total. The molecule has 3 aromatic rings. The van der Waals surface area contributed by atoms with Crippen molar-refractivity contribution in [2.24, 2.45) is 0 Å². The molecule has 0 bridgehead atoms. The largest absolute Gasteiger partial charge is 0.312 e. The minimum absolute atomic E-state index is 0.0145. The number of thioether (sulfide) groups is 1. The number of ketones is 1. The van der Waals surface area contributed by atoms with Crippen molar-refractivity contribution in [2.45, 2.75) is 24.9 Å². The summed E-state index contributed by atoms with van der Waals surface area (Å²) in [6, 6.07) is 19.1. The molecule has 1 amide bonds. The number of carbonyl (C=O) groups is 2. The van der Waals surface area contributed by atoms with Gasteiger partial charge in [-0.1, -0.05) is 42.1 Å². The van der Waals surface area contributed by atoms with Crippen molar-refractivity contribution in [1.82, 2.24) is 9.97 Å². The van der Waals surface area contributed by atoms with Gasteiger partial charge in [0, 0.05) is 35.5 Å². The molecule has 2 heterocycles. The van der Waals surface area contributed by atoms with Crippen LogP contribution >= 0.6 is 11.8 Å². The van der Waals surface area contributed by atoms with Crippen LogP contribution in [0.4, 0.5) is 5.69 Å². The van der Waals surface area contributed by atoms with E-state index < -0.39 is 0 Å². The molecule has 2 aromatic carbocycles. The highest BCUT2D eigenvalue weighted by Crippen LogP contribution is 2.24. The summed E-state index contributed by atoms with van der Waals surface area (Å²) < 4.78 is 0. The first-order chi connectivity index (χ1) is 14.1. The minimum Gasteiger partial charge on any atom is -0.312 e. The highest BCUT2D eigenvalue weighted by atomic mass is 32.2. The lowest BCUT2D eigenvalue weighted by molar-refractivity contribution is -0.117. The zero-order valence-electron chi connectivity index (χ0n) is 16.2. The molecule has 1 fully saturated rings. The van der Waals surface area contributed by atoms with E-state index in [0.717, 1.165) is 35.6 Å². The summed E-state index contributed by atoms with van der Waals surface area (Å²) in [6.07, 6.45) is 1.48. The van der Waals surface area contributed by atoms with Crippen LogP contribution in [-0.4, -0.2) is 34.0 Å². The van der Waals surface area contributed by atoms with Crippen molar-refractivity contribution >= 4 is 29.1 Å². The van der Waals surface area contributed by atoms with Gasteiger partial charge in [0.25, 0.3) is 0 Å². The Kier molecular flexibility index (Phi) is 5.71. The number of nitrogens with zero attached hydrogens (tertiary/aromatic N) is 3. The fourth-order valence-electron chi connectivity index (χ4n) is 3.32. The van der Waals surface area contributed by atoms with Gasteiger partial charge >= 0.3 is 0 Å². The Hall–Kier alpha value is -2.99. The van der Waals surface area contributed by atoms with Crippen LogP contribution in [0.2, 0.25) is 0 Å². The number of Topliss-reactive ketones (excluding diaryl/α,β-unsaturated/α-hetero) is 1. The molecule has 0 aliphatic carbocycles. The molecular weight excluding hydrogens is 382 g/mol. The van der Waals surface area contributed by atoms with Crippen LogP contribution in [-0.2, 0) is 4.79 Å². The Morgan fingerprint density at radius 2 is 1.83 bits per heavy atom. The van der Waals surface area contributed by atoms with Crippen LogP contribution in [0.5, 0.6) is 0 Å². The quantitative estimate of drug-likeness (QED) is 0.343. The maximum atomic E-state index is 12.6.